The average molecular weight is 297 g/mol. The minimum atomic E-state index is -0.445. The fourth-order valence-electron chi connectivity index (χ4n) is 2.14. The SMILES string of the molecule is CCC(Cc1sc(C)cc1C)N(C)C(=O)OC(C)(C)C. The lowest BCUT2D eigenvalue weighted by Gasteiger charge is -2.30. The highest BCUT2D eigenvalue weighted by molar-refractivity contribution is 7.12. The number of amides is 1. The normalized spacial score (nSPS) is 13.2. The molecule has 1 amide bonds. The molecule has 4 heteroatoms. The van der Waals surface area contributed by atoms with Gasteiger partial charge in [0.2, 0.25) is 0 Å². The summed E-state index contributed by atoms with van der Waals surface area (Å²) in [5.74, 6) is 0. The van der Waals surface area contributed by atoms with Crippen molar-refractivity contribution in [1.82, 2.24) is 4.90 Å². The van der Waals surface area contributed by atoms with Crippen molar-refractivity contribution >= 4 is 17.4 Å². The van der Waals surface area contributed by atoms with E-state index in [1.807, 2.05) is 39.2 Å². The van der Waals surface area contributed by atoms with Crippen LogP contribution in [0.3, 0.4) is 0 Å². The molecule has 1 rings (SSSR count). The Kier molecular flexibility index (Phi) is 5.63. The average Bonchev–Trinajstić information content (AvgIpc) is 2.61. The summed E-state index contributed by atoms with van der Waals surface area (Å²) in [6.07, 6.45) is 1.58. The first-order valence-corrected chi connectivity index (χ1v) is 7.97. The lowest BCUT2D eigenvalue weighted by Crippen LogP contribution is -2.41. The van der Waals surface area contributed by atoms with Gasteiger partial charge in [0.15, 0.2) is 0 Å². The van der Waals surface area contributed by atoms with Crippen molar-refractivity contribution in [1.29, 1.82) is 0 Å². The number of aryl methyl sites for hydroxylation is 2. The Labute approximate surface area is 126 Å². The molecule has 0 aliphatic heterocycles. The Morgan fingerprint density at radius 3 is 2.40 bits per heavy atom. The molecule has 1 aromatic heterocycles. The Morgan fingerprint density at radius 1 is 1.40 bits per heavy atom. The van der Waals surface area contributed by atoms with Gasteiger partial charge >= 0.3 is 6.09 Å². The second kappa shape index (κ2) is 6.61. The Hall–Kier alpha value is -1.03. The maximum atomic E-state index is 12.1. The second-order valence-corrected chi connectivity index (χ2v) is 7.66. The molecule has 0 N–H and O–H groups in total. The minimum absolute atomic E-state index is 0.182. The molecule has 114 valence electrons. The standard InChI is InChI=1S/C16H27NO2S/c1-8-13(10-14-11(2)9-12(3)20-14)17(7)15(18)19-16(4,5)6/h9,13H,8,10H2,1-7H3. The minimum Gasteiger partial charge on any atom is -0.444 e. The van der Waals surface area contributed by atoms with Crippen LogP contribution in [-0.2, 0) is 11.2 Å². The van der Waals surface area contributed by atoms with Crippen molar-refractivity contribution in [2.45, 2.75) is 66.0 Å². The lowest BCUT2D eigenvalue weighted by molar-refractivity contribution is 0.0219. The molecular weight excluding hydrogens is 270 g/mol. The van der Waals surface area contributed by atoms with Crippen LogP contribution in [-0.4, -0.2) is 29.7 Å². The quantitative estimate of drug-likeness (QED) is 0.815. The first-order chi connectivity index (χ1) is 9.14. The van der Waals surface area contributed by atoms with Crippen LogP contribution in [0.1, 0.15) is 49.4 Å². The zero-order valence-corrected chi connectivity index (χ0v) is 14.6. The van der Waals surface area contributed by atoms with E-state index < -0.39 is 5.60 Å². The van der Waals surface area contributed by atoms with Crippen LogP contribution in [0.5, 0.6) is 0 Å². The van der Waals surface area contributed by atoms with E-state index in [4.69, 9.17) is 4.74 Å². The largest absolute Gasteiger partial charge is 0.444 e. The highest BCUT2D eigenvalue weighted by atomic mass is 32.1. The molecule has 0 bridgehead atoms. The van der Waals surface area contributed by atoms with Gasteiger partial charge in [-0.3, -0.25) is 0 Å². The second-order valence-electron chi connectivity index (χ2n) is 6.32. The van der Waals surface area contributed by atoms with E-state index in [9.17, 15) is 4.79 Å². The summed E-state index contributed by atoms with van der Waals surface area (Å²) in [5.41, 5.74) is 0.877. The number of likely N-dealkylation sites (N-methyl/N-ethyl adjacent to an activating group) is 1. The van der Waals surface area contributed by atoms with Crippen molar-refractivity contribution in [3.63, 3.8) is 0 Å². The van der Waals surface area contributed by atoms with Crippen molar-refractivity contribution in [2.24, 2.45) is 0 Å². The zero-order valence-electron chi connectivity index (χ0n) is 13.7. The molecule has 1 atom stereocenters. The van der Waals surface area contributed by atoms with E-state index in [1.54, 1.807) is 4.90 Å². The summed E-state index contributed by atoms with van der Waals surface area (Å²) >= 11 is 1.82. The van der Waals surface area contributed by atoms with E-state index in [0.717, 1.165) is 12.8 Å². The molecule has 1 heterocycles. The number of hydrogen-bond donors (Lipinski definition) is 0. The number of carbonyl (C=O) groups is 1. The van der Waals surface area contributed by atoms with Crippen molar-refractivity contribution in [3.8, 4) is 0 Å². The van der Waals surface area contributed by atoms with Gasteiger partial charge in [0.25, 0.3) is 0 Å². The molecule has 1 aromatic rings. The van der Waals surface area contributed by atoms with Gasteiger partial charge in [-0.25, -0.2) is 4.79 Å². The van der Waals surface area contributed by atoms with Gasteiger partial charge < -0.3 is 9.64 Å². The van der Waals surface area contributed by atoms with Gasteiger partial charge in [-0.2, -0.15) is 0 Å². The van der Waals surface area contributed by atoms with Gasteiger partial charge in [-0.15, -0.1) is 11.3 Å². The number of hydrogen-bond acceptors (Lipinski definition) is 3. The van der Waals surface area contributed by atoms with E-state index in [-0.39, 0.29) is 12.1 Å². The molecule has 1 unspecified atom stereocenters. The number of thiophene rings is 1. The van der Waals surface area contributed by atoms with Crippen LogP contribution < -0.4 is 0 Å². The van der Waals surface area contributed by atoms with E-state index >= 15 is 0 Å². The van der Waals surface area contributed by atoms with Crippen LogP contribution in [0.25, 0.3) is 0 Å². The van der Waals surface area contributed by atoms with Crippen molar-refractivity contribution in [3.05, 3.63) is 21.4 Å². The van der Waals surface area contributed by atoms with Crippen LogP contribution in [0.15, 0.2) is 6.07 Å². The predicted octanol–water partition coefficient (Wildman–Crippen LogP) is 4.55. The molecule has 0 spiro atoms. The molecule has 20 heavy (non-hydrogen) atoms. The predicted molar refractivity (Wildman–Crippen MR) is 85.6 cm³/mol. The third-order valence-corrected chi connectivity index (χ3v) is 4.44. The maximum absolute atomic E-state index is 12.1. The summed E-state index contributed by atoms with van der Waals surface area (Å²) in [6, 6.07) is 2.39. The zero-order chi connectivity index (χ0) is 15.5. The fraction of sp³-hybridized carbons (Fsp3) is 0.688. The van der Waals surface area contributed by atoms with E-state index in [2.05, 4.69) is 26.8 Å². The molecule has 3 nitrogen and oxygen atoms in total. The van der Waals surface area contributed by atoms with Gasteiger partial charge in [0.1, 0.15) is 5.60 Å². The van der Waals surface area contributed by atoms with Gasteiger partial charge in [-0.1, -0.05) is 6.92 Å². The molecule has 0 aliphatic rings. The molecular formula is C16H27NO2S. The summed E-state index contributed by atoms with van der Waals surface area (Å²) in [4.78, 5) is 16.6. The topological polar surface area (TPSA) is 29.5 Å². The summed E-state index contributed by atoms with van der Waals surface area (Å²) < 4.78 is 5.45. The van der Waals surface area contributed by atoms with Crippen molar-refractivity contribution < 1.29 is 9.53 Å². The molecule has 0 aromatic carbocycles. The Balaban J connectivity index is 2.75. The maximum Gasteiger partial charge on any atom is 0.410 e. The lowest BCUT2D eigenvalue weighted by atomic mass is 10.1. The highest BCUT2D eigenvalue weighted by Gasteiger charge is 2.25. The van der Waals surface area contributed by atoms with Crippen LogP contribution >= 0.6 is 11.3 Å². The van der Waals surface area contributed by atoms with Gasteiger partial charge in [-0.05, 0) is 52.7 Å². The van der Waals surface area contributed by atoms with E-state index in [0.29, 0.717) is 0 Å². The Bertz CT molecular complexity index is 460. The molecule has 0 fully saturated rings. The first kappa shape index (κ1) is 17.0. The third-order valence-electron chi connectivity index (χ3n) is 3.27. The number of carbonyl (C=O) groups excluding carboxylic acids is 1. The Morgan fingerprint density at radius 2 is 2.00 bits per heavy atom. The summed E-state index contributed by atoms with van der Waals surface area (Å²) in [7, 11) is 1.83. The van der Waals surface area contributed by atoms with Crippen LogP contribution in [0, 0.1) is 13.8 Å². The number of nitrogens with zero attached hydrogens (tertiary/aromatic N) is 1. The van der Waals surface area contributed by atoms with Crippen molar-refractivity contribution in [2.75, 3.05) is 7.05 Å². The first-order valence-electron chi connectivity index (χ1n) is 7.15. The molecule has 0 aliphatic carbocycles. The summed E-state index contributed by atoms with van der Waals surface area (Å²) in [6.45, 7) is 12.1. The third kappa shape index (κ3) is 4.82. The monoisotopic (exact) mass is 297 g/mol. The molecule has 0 saturated heterocycles. The van der Waals surface area contributed by atoms with Gasteiger partial charge in [0, 0.05) is 29.3 Å². The van der Waals surface area contributed by atoms with Gasteiger partial charge in [0.05, 0.1) is 0 Å². The van der Waals surface area contributed by atoms with Crippen LogP contribution in [0.4, 0.5) is 4.79 Å². The summed E-state index contributed by atoms with van der Waals surface area (Å²) in [5, 5.41) is 0. The van der Waals surface area contributed by atoms with E-state index in [1.165, 1.54) is 15.3 Å². The fourth-order valence-corrected chi connectivity index (χ4v) is 3.26. The number of rotatable bonds is 4. The molecule has 0 radical (unpaired) electrons. The molecule has 0 saturated carbocycles. The smallest absolute Gasteiger partial charge is 0.410 e. The van der Waals surface area contributed by atoms with Crippen LogP contribution in [0.2, 0.25) is 0 Å². The number of ether oxygens (including phenoxy) is 1. The highest BCUT2D eigenvalue weighted by Crippen LogP contribution is 2.24.